The second-order valence-corrected chi connectivity index (χ2v) is 6.81. The Balaban J connectivity index is 1.49. The summed E-state index contributed by atoms with van der Waals surface area (Å²) in [4.78, 5) is 30.8. The fourth-order valence-electron chi connectivity index (χ4n) is 3.76. The number of hydrogen-bond donors (Lipinski definition) is 0. The maximum atomic E-state index is 13.4. The summed E-state index contributed by atoms with van der Waals surface area (Å²) in [5, 5.41) is 0. The average molecular weight is 354 g/mol. The molecular weight excluding hydrogens is 335 g/mol. The van der Waals surface area contributed by atoms with E-state index in [0.717, 1.165) is 12.8 Å². The lowest BCUT2D eigenvalue weighted by atomic mass is 9.86. The van der Waals surface area contributed by atoms with Crippen molar-refractivity contribution in [2.75, 3.05) is 13.1 Å². The maximum Gasteiger partial charge on any atom is 0.253 e. The van der Waals surface area contributed by atoms with Crippen LogP contribution in [0.4, 0.5) is 4.39 Å². The molecule has 0 radical (unpaired) electrons. The zero-order valence-corrected chi connectivity index (χ0v) is 14.2. The minimum absolute atomic E-state index is 0.0262. The lowest BCUT2D eigenvalue weighted by Gasteiger charge is -2.38. The number of nitrogens with zero attached hydrogens (tertiary/aromatic N) is 2. The summed E-state index contributed by atoms with van der Waals surface area (Å²) >= 11 is 0. The van der Waals surface area contributed by atoms with Gasteiger partial charge in [-0.05, 0) is 43.2 Å². The molecule has 0 saturated carbocycles. The van der Waals surface area contributed by atoms with E-state index in [4.69, 9.17) is 4.74 Å². The predicted octanol–water partition coefficient (Wildman–Crippen LogP) is 3.11. The molecule has 134 valence electrons. The van der Waals surface area contributed by atoms with Gasteiger partial charge in [0.25, 0.3) is 5.91 Å². The highest BCUT2D eigenvalue weighted by Gasteiger charge is 2.36. The van der Waals surface area contributed by atoms with Crippen LogP contribution in [0.15, 0.2) is 42.7 Å². The SMILES string of the molecule is O=C1C[C@@H]([C@H]2CCCN(C(=O)c3ccncc3)C2)Oc2ccc(F)cc21. The van der Waals surface area contributed by atoms with Gasteiger partial charge in [0, 0.05) is 43.4 Å². The van der Waals surface area contributed by atoms with Crippen LogP contribution in [0.1, 0.15) is 40.0 Å². The molecule has 2 atom stereocenters. The number of Topliss-reactive ketones (excluding diaryl/α,β-unsaturated/α-hetero) is 1. The summed E-state index contributed by atoms with van der Waals surface area (Å²) in [7, 11) is 0. The number of piperidine rings is 1. The van der Waals surface area contributed by atoms with Crippen molar-refractivity contribution in [1.82, 2.24) is 9.88 Å². The van der Waals surface area contributed by atoms with Crippen molar-refractivity contribution in [3.8, 4) is 5.75 Å². The van der Waals surface area contributed by atoms with Gasteiger partial charge in [0.05, 0.1) is 5.56 Å². The molecule has 0 spiro atoms. The van der Waals surface area contributed by atoms with Crippen LogP contribution < -0.4 is 4.74 Å². The Morgan fingerprint density at radius 1 is 1.23 bits per heavy atom. The number of benzene rings is 1. The van der Waals surface area contributed by atoms with Crippen molar-refractivity contribution >= 4 is 11.7 Å². The van der Waals surface area contributed by atoms with Crippen LogP contribution in [0, 0.1) is 11.7 Å². The number of hydrogen-bond acceptors (Lipinski definition) is 4. The van der Waals surface area contributed by atoms with Gasteiger partial charge in [0.2, 0.25) is 0 Å². The highest BCUT2D eigenvalue weighted by Crippen LogP contribution is 2.34. The first-order chi connectivity index (χ1) is 12.6. The van der Waals surface area contributed by atoms with Gasteiger partial charge in [-0.15, -0.1) is 0 Å². The van der Waals surface area contributed by atoms with Gasteiger partial charge in [0.1, 0.15) is 17.7 Å². The van der Waals surface area contributed by atoms with Gasteiger partial charge in [0.15, 0.2) is 5.78 Å². The van der Waals surface area contributed by atoms with Crippen molar-refractivity contribution in [3.05, 3.63) is 59.7 Å². The van der Waals surface area contributed by atoms with E-state index in [-0.39, 0.29) is 30.1 Å². The number of fused-ring (bicyclic) bond motifs is 1. The first-order valence-corrected chi connectivity index (χ1v) is 8.80. The summed E-state index contributed by atoms with van der Waals surface area (Å²) in [5.74, 6) is -0.0529. The van der Waals surface area contributed by atoms with E-state index >= 15 is 0 Å². The van der Waals surface area contributed by atoms with Crippen molar-refractivity contribution in [1.29, 1.82) is 0 Å². The van der Waals surface area contributed by atoms with Gasteiger partial charge < -0.3 is 9.64 Å². The summed E-state index contributed by atoms with van der Waals surface area (Å²) in [6, 6.07) is 7.45. The molecular formula is C20H19FN2O3. The molecule has 2 aliphatic rings. The van der Waals surface area contributed by atoms with Crippen LogP contribution >= 0.6 is 0 Å². The van der Waals surface area contributed by atoms with E-state index in [9.17, 15) is 14.0 Å². The Morgan fingerprint density at radius 2 is 2.04 bits per heavy atom. The minimum atomic E-state index is -0.439. The third kappa shape index (κ3) is 3.19. The standard InChI is InChI=1S/C20H19FN2O3/c21-15-3-4-18-16(10-15)17(24)11-19(26-18)14-2-1-9-23(12-14)20(25)13-5-7-22-8-6-13/h3-8,10,14,19H,1-2,9,11-12H2/t14-,19-/m0/s1. The molecule has 1 saturated heterocycles. The van der Waals surface area contributed by atoms with E-state index in [2.05, 4.69) is 4.98 Å². The lowest BCUT2D eigenvalue weighted by Crippen LogP contribution is -2.46. The Hall–Kier alpha value is -2.76. The Kier molecular flexibility index (Phi) is 4.41. The smallest absolute Gasteiger partial charge is 0.253 e. The molecule has 2 aromatic rings. The fourth-order valence-corrected chi connectivity index (χ4v) is 3.76. The molecule has 1 aromatic heterocycles. The molecule has 4 rings (SSSR count). The average Bonchev–Trinajstić information content (AvgIpc) is 2.68. The van der Waals surface area contributed by atoms with Gasteiger partial charge in [-0.3, -0.25) is 14.6 Å². The number of ether oxygens (including phenoxy) is 1. The highest BCUT2D eigenvalue weighted by molar-refractivity contribution is 6.00. The van der Waals surface area contributed by atoms with Gasteiger partial charge in [-0.1, -0.05) is 0 Å². The molecule has 1 amide bonds. The van der Waals surface area contributed by atoms with Crippen LogP contribution in [0.2, 0.25) is 0 Å². The highest BCUT2D eigenvalue weighted by atomic mass is 19.1. The number of likely N-dealkylation sites (tertiary alicyclic amines) is 1. The first-order valence-electron chi connectivity index (χ1n) is 8.80. The van der Waals surface area contributed by atoms with E-state index in [0.29, 0.717) is 30.0 Å². The van der Waals surface area contributed by atoms with Crippen LogP contribution in [0.5, 0.6) is 5.75 Å². The van der Waals surface area contributed by atoms with Crippen molar-refractivity contribution in [3.63, 3.8) is 0 Å². The van der Waals surface area contributed by atoms with Crippen LogP contribution in [-0.4, -0.2) is 40.8 Å². The zero-order valence-electron chi connectivity index (χ0n) is 14.2. The first kappa shape index (κ1) is 16.7. The number of pyridine rings is 1. The number of amides is 1. The molecule has 0 unspecified atom stereocenters. The molecule has 1 aromatic carbocycles. The summed E-state index contributed by atoms with van der Waals surface area (Å²) in [5.41, 5.74) is 0.920. The Bertz CT molecular complexity index is 840. The van der Waals surface area contributed by atoms with Crippen molar-refractivity contribution in [2.45, 2.75) is 25.4 Å². The fraction of sp³-hybridized carbons (Fsp3) is 0.350. The van der Waals surface area contributed by atoms with Crippen LogP contribution in [-0.2, 0) is 0 Å². The molecule has 2 aliphatic heterocycles. The second-order valence-electron chi connectivity index (χ2n) is 6.81. The Labute approximate surface area is 150 Å². The van der Waals surface area contributed by atoms with Gasteiger partial charge in [-0.25, -0.2) is 4.39 Å². The van der Waals surface area contributed by atoms with Crippen LogP contribution in [0.3, 0.4) is 0 Å². The molecule has 3 heterocycles. The van der Waals surface area contributed by atoms with E-state index in [1.165, 1.54) is 18.2 Å². The van der Waals surface area contributed by atoms with E-state index in [1.807, 2.05) is 4.90 Å². The molecule has 6 heteroatoms. The maximum absolute atomic E-state index is 13.4. The van der Waals surface area contributed by atoms with Crippen LogP contribution in [0.25, 0.3) is 0 Å². The zero-order chi connectivity index (χ0) is 18.1. The topological polar surface area (TPSA) is 59.5 Å². The predicted molar refractivity (Wildman–Crippen MR) is 92.6 cm³/mol. The minimum Gasteiger partial charge on any atom is -0.489 e. The number of aromatic nitrogens is 1. The molecule has 0 aliphatic carbocycles. The van der Waals surface area contributed by atoms with E-state index < -0.39 is 5.82 Å². The molecule has 1 fully saturated rings. The van der Waals surface area contributed by atoms with Crippen molar-refractivity contribution < 1.29 is 18.7 Å². The molecule has 26 heavy (non-hydrogen) atoms. The number of carbonyl (C=O) groups excluding carboxylic acids is 2. The summed E-state index contributed by atoms with van der Waals surface area (Å²) in [6.07, 6.45) is 4.91. The quantitative estimate of drug-likeness (QED) is 0.831. The third-order valence-electron chi connectivity index (χ3n) is 5.11. The number of halogens is 1. The lowest BCUT2D eigenvalue weighted by molar-refractivity contribution is 0.0408. The normalized spacial score (nSPS) is 22.5. The third-order valence-corrected chi connectivity index (χ3v) is 5.11. The molecule has 5 nitrogen and oxygen atoms in total. The summed E-state index contributed by atoms with van der Waals surface area (Å²) in [6.45, 7) is 1.25. The number of ketones is 1. The van der Waals surface area contributed by atoms with Gasteiger partial charge >= 0.3 is 0 Å². The van der Waals surface area contributed by atoms with Crippen molar-refractivity contribution in [2.24, 2.45) is 5.92 Å². The second kappa shape index (κ2) is 6.86. The largest absolute Gasteiger partial charge is 0.489 e. The summed E-state index contributed by atoms with van der Waals surface area (Å²) < 4.78 is 19.4. The van der Waals surface area contributed by atoms with E-state index in [1.54, 1.807) is 24.5 Å². The van der Waals surface area contributed by atoms with Gasteiger partial charge in [-0.2, -0.15) is 0 Å². The monoisotopic (exact) mass is 354 g/mol. The number of carbonyl (C=O) groups is 2. The molecule has 0 N–H and O–H groups in total. The Morgan fingerprint density at radius 3 is 2.85 bits per heavy atom. The molecule has 0 bridgehead atoms. The number of rotatable bonds is 2.